The van der Waals surface area contributed by atoms with Crippen molar-refractivity contribution < 1.29 is 0 Å². The molecule has 0 amide bonds. The molecular weight excluding hydrogens is 289 g/mol. The summed E-state index contributed by atoms with van der Waals surface area (Å²) in [5.41, 5.74) is 1.18. The molecule has 1 aliphatic rings. The van der Waals surface area contributed by atoms with Crippen LogP contribution in [0.2, 0.25) is 10.0 Å². The van der Waals surface area contributed by atoms with E-state index in [-0.39, 0.29) is 0 Å². The van der Waals surface area contributed by atoms with Crippen molar-refractivity contribution in [3.05, 3.63) is 33.8 Å². The molecule has 2 rings (SSSR count). The molecule has 1 aliphatic carbocycles. The lowest BCUT2D eigenvalue weighted by Gasteiger charge is -2.26. The summed E-state index contributed by atoms with van der Waals surface area (Å²) in [5, 5.41) is 5.31. The van der Waals surface area contributed by atoms with Gasteiger partial charge in [0.25, 0.3) is 0 Å². The first-order chi connectivity index (χ1) is 9.65. The lowest BCUT2D eigenvalue weighted by atomic mass is 9.90. The first-order valence-corrected chi connectivity index (χ1v) is 8.59. The average molecular weight is 314 g/mol. The Labute approximate surface area is 133 Å². The van der Waals surface area contributed by atoms with E-state index in [1.807, 2.05) is 18.2 Å². The topological polar surface area (TPSA) is 12.0 Å². The second-order valence-electron chi connectivity index (χ2n) is 5.95. The van der Waals surface area contributed by atoms with Gasteiger partial charge in [-0.25, -0.2) is 0 Å². The first-order valence-electron chi connectivity index (χ1n) is 7.84. The molecule has 0 radical (unpaired) electrons. The fourth-order valence-electron chi connectivity index (χ4n) is 3.37. The number of rotatable bonds is 6. The predicted molar refractivity (Wildman–Crippen MR) is 88.6 cm³/mol. The zero-order chi connectivity index (χ0) is 14.5. The second kappa shape index (κ2) is 7.68. The van der Waals surface area contributed by atoms with Crippen LogP contribution in [0.25, 0.3) is 0 Å². The minimum atomic E-state index is 0.345. The van der Waals surface area contributed by atoms with Crippen molar-refractivity contribution in [2.45, 2.75) is 52.0 Å². The van der Waals surface area contributed by atoms with E-state index in [9.17, 15) is 0 Å². The van der Waals surface area contributed by atoms with Crippen molar-refractivity contribution in [2.75, 3.05) is 6.54 Å². The minimum absolute atomic E-state index is 0.345. The van der Waals surface area contributed by atoms with E-state index >= 15 is 0 Å². The van der Waals surface area contributed by atoms with Gasteiger partial charge >= 0.3 is 0 Å². The quantitative estimate of drug-likeness (QED) is 0.693. The Kier molecular flexibility index (Phi) is 6.20. The van der Waals surface area contributed by atoms with Crippen molar-refractivity contribution >= 4 is 23.2 Å². The smallest absolute Gasteiger partial charge is 0.0454 e. The highest BCUT2D eigenvalue weighted by atomic mass is 35.5. The molecule has 1 N–H and O–H groups in total. The van der Waals surface area contributed by atoms with Crippen molar-refractivity contribution in [3.63, 3.8) is 0 Å². The first kappa shape index (κ1) is 16.1. The van der Waals surface area contributed by atoms with Crippen LogP contribution in [-0.2, 0) is 0 Å². The molecule has 112 valence electrons. The molecule has 1 nitrogen and oxygen atoms in total. The Bertz CT molecular complexity index is 433. The average Bonchev–Trinajstić information content (AvgIpc) is 2.92. The summed E-state index contributed by atoms with van der Waals surface area (Å²) in [6.45, 7) is 5.53. The molecule has 1 aromatic rings. The highest BCUT2D eigenvalue weighted by Gasteiger charge is 2.31. The van der Waals surface area contributed by atoms with Crippen LogP contribution < -0.4 is 5.32 Å². The van der Waals surface area contributed by atoms with Crippen LogP contribution in [0.4, 0.5) is 0 Å². The van der Waals surface area contributed by atoms with Crippen LogP contribution in [0.3, 0.4) is 0 Å². The Hall–Kier alpha value is -0.240. The van der Waals surface area contributed by atoms with Gasteiger partial charge in [-0.1, -0.05) is 49.9 Å². The Balaban J connectivity index is 2.20. The summed E-state index contributed by atoms with van der Waals surface area (Å²) in [4.78, 5) is 0. The molecule has 0 bridgehead atoms. The van der Waals surface area contributed by atoms with E-state index in [0.29, 0.717) is 12.0 Å². The number of hydrogen-bond donors (Lipinski definition) is 1. The Morgan fingerprint density at radius 2 is 2.05 bits per heavy atom. The largest absolute Gasteiger partial charge is 0.310 e. The zero-order valence-electron chi connectivity index (χ0n) is 12.5. The van der Waals surface area contributed by atoms with Crippen molar-refractivity contribution in [2.24, 2.45) is 11.8 Å². The number of benzene rings is 1. The molecule has 3 heteroatoms. The van der Waals surface area contributed by atoms with Crippen LogP contribution in [0.1, 0.15) is 57.6 Å². The molecule has 3 unspecified atom stereocenters. The summed E-state index contributed by atoms with van der Waals surface area (Å²) in [6.07, 6.45) is 6.38. The van der Waals surface area contributed by atoms with Gasteiger partial charge in [0.1, 0.15) is 0 Å². The van der Waals surface area contributed by atoms with Crippen molar-refractivity contribution in [3.8, 4) is 0 Å². The van der Waals surface area contributed by atoms with Gasteiger partial charge < -0.3 is 5.32 Å². The standard InChI is InChI=1S/C17H25Cl2N/c1-3-9-20-17(13-6-5-12(4-2)10-13)15-11-14(18)7-8-16(15)19/h7-8,11-13,17,20H,3-6,9-10H2,1-2H3. The van der Waals surface area contributed by atoms with Crippen LogP contribution >= 0.6 is 23.2 Å². The normalized spacial score (nSPS) is 24.0. The van der Waals surface area contributed by atoms with E-state index in [2.05, 4.69) is 19.2 Å². The molecule has 1 aromatic carbocycles. The number of halogens is 2. The predicted octanol–water partition coefficient (Wildman–Crippen LogP) is 5.86. The van der Waals surface area contributed by atoms with E-state index in [1.54, 1.807) is 0 Å². The van der Waals surface area contributed by atoms with E-state index in [1.165, 1.54) is 31.2 Å². The van der Waals surface area contributed by atoms with Gasteiger partial charge in [-0.05, 0) is 61.4 Å². The van der Waals surface area contributed by atoms with Crippen LogP contribution in [0, 0.1) is 11.8 Å². The number of nitrogens with one attached hydrogen (secondary N) is 1. The molecule has 3 atom stereocenters. The maximum atomic E-state index is 6.42. The summed E-state index contributed by atoms with van der Waals surface area (Å²) < 4.78 is 0. The van der Waals surface area contributed by atoms with Gasteiger partial charge in [-0.15, -0.1) is 0 Å². The highest BCUT2D eigenvalue weighted by molar-refractivity contribution is 6.33. The third-order valence-corrected chi connectivity index (χ3v) is 5.12. The van der Waals surface area contributed by atoms with Gasteiger partial charge in [0.05, 0.1) is 0 Å². The summed E-state index contributed by atoms with van der Waals surface area (Å²) in [7, 11) is 0. The zero-order valence-corrected chi connectivity index (χ0v) is 14.0. The molecule has 1 saturated carbocycles. The van der Waals surface area contributed by atoms with Gasteiger partial charge in [0.15, 0.2) is 0 Å². The fraction of sp³-hybridized carbons (Fsp3) is 0.647. The second-order valence-corrected chi connectivity index (χ2v) is 6.79. The van der Waals surface area contributed by atoms with Crippen molar-refractivity contribution in [1.29, 1.82) is 0 Å². The maximum Gasteiger partial charge on any atom is 0.0454 e. The molecule has 0 heterocycles. The SMILES string of the molecule is CCCNC(c1cc(Cl)ccc1Cl)C1CCC(CC)C1. The monoisotopic (exact) mass is 313 g/mol. The van der Waals surface area contributed by atoms with Gasteiger partial charge in [0.2, 0.25) is 0 Å². The van der Waals surface area contributed by atoms with E-state index in [4.69, 9.17) is 23.2 Å². The molecular formula is C17H25Cl2N. The summed E-state index contributed by atoms with van der Waals surface area (Å²) in [6, 6.07) is 6.17. The third-order valence-electron chi connectivity index (χ3n) is 4.54. The molecule has 20 heavy (non-hydrogen) atoms. The Morgan fingerprint density at radius 3 is 2.70 bits per heavy atom. The molecule has 0 aromatic heterocycles. The third kappa shape index (κ3) is 3.90. The van der Waals surface area contributed by atoms with Gasteiger partial charge in [-0.2, -0.15) is 0 Å². The lowest BCUT2D eigenvalue weighted by Crippen LogP contribution is -2.28. The van der Waals surface area contributed by atoms with E-state index < -0.39 is 0 Å². The van der Waals surface area contributed by atoms with E-state index in [0.717, 1.165) is 28.9 Å². The molecule has 0 saturated heterocycles. The molecule has 0 spiro atoms. The minimum Gasteiger partial charge on any atom is -0.310 e. The Morgan fingerprint density at radius 1 is 1.25 bits per heavy atom. The van der Waals surface area contributed by atoms with Crippen molar-refractivity contribution in [1.82, 2.24) is 5.32 Å². The lowest BCUT2D eigenvalue weighted by molar-refractivity contribution is 0.354. The molecule has 1 fully saturated rings. The molecule has 0 aliphatic heterocycles. The van der Waals surface area contributed by atoms with Crippen LogP contribution in [-0.4, -0.2) is 6.54 Å². The highest BCUT2D eigenvalue weighted by Crippen LogP contribution is 2.42. The fourth-order valence-corrected chi connectivity index (χ4v) is 3.79. The maximum absolute atomic E-state index is 6.42. The summed E-state index contributed by atoms with van der Waals surface area (Å²) in [5.74, 6) is 1.56. The number of hydrogen-bond acceptors (Lipinski definition) is 1. The van der Waals surface area contributed by atoms with Crippen LogP contribution in [0.5, 0.6) is 0 Å². The van der Waals surface area contributed by atoms with Gasteiger partial charge in [0, 0.05) is 16.1 Å². The van der Waals surface area contributed by atoms with Crippen LogP contribution in [0.15, 0.2) is 18.2 Å². The summed E-state index contributed by atoms with van der Waals surface area (Å²) >= 11 is 12.6. The van der Waals surface area contributed by atoms with Gasteiger partial charge in [-0.3, -0.25) is 0 Å².